The second-order valence-corrected chi connectivity index (χ2v) is 6.98. The fraction of sp³-hybridized carbons (Fsp3) is 0.0526. The number of hydrogen-bond donors (Lipinski definition) is 1. The van der Waals surface area contributed by atoms with Crippen LogP contribution in [-0.4, -0.2) is 18.1 Å². The van der Waals surface area contributed by atoms with Gasteiger partial charge in [0, 0.05) is 25.9 Å². The summed E-state index contributed by atoms with van der Waals surface area (Å²) in [6.07, 6.45) is 2.98. The number of hydrogen-bond acceptors (Lipinski definition) is 4. The number of carbonyl (C=O) groups is 1. The normalized spacial score (nSPS) is 10.5. The van der Waals surface area contributed by atoms with Crippen LogP contribution in [0, 0.1) is 9.39 Å². The molecule has 0 bridgehead atoms. The zero-order valence-electron chi connectivity index (χ0n) is 13.6. The maximum absolute atomic E-state index is 14.2. The topological polar surface area (TPSA) is 51.2 Å². The molecule has 0 aliphatic rings. The predicted molar refractivity (Wildman–Crippen MR) is 108 cm³/mol. The van der Waals surface area contributed by atoms with Gasteiger partial charge in [0.1, 0.15) is 5.82 Å². The number of halogens is 3. The maximum atomic E-state index is 14.2. The minimum Gasteiger partial charge on any atom is -0.465 e. The van der Waals surface area contributed by atoms with Gasteiger partial charge in [-0.05, 0) is 46.9 Å². The first-order valence-electron chi connectivity index (χ1n) is 7.54. The highest BCUT2D eigenvalue weighted by atomic mass is 127. The molecule has 0 spiro atoms. The van der Waals surface area contributed by atoms with E-state index >= 15 is 0 Å². The van der Waals surface area contributed by atoms with Crippen LogP contribution in [-0.2, 0) is 4.74 Å². The number of esters is 1. The van der Waals surface area contributed by atoms with Gasteiger partial charge in [-0.3, -0.25) is 4.98 Å². The molecule has 0 radical (unpaired) electrons. The van der Waals surface area contributed by atoms with Crippen molar-refractivity contribution in [3.8, 4) is 11.1 Å². The van der Waals surface area contributed by atoms with Crippen molar-refractivity contribution in [1.82, 2.24) is 4.98 Å². The van der Waals surface area contributed by atoms with Gasteiger partial charge in [0.05, 0.1) is 30.2 Å². The minimum absolute atomic E-state index is 0.230. The number of anilines is 2. The monoisotopic (exact) mass is 482 g/mol. The molecule has 132 valence electrons. The van der Waals surface area contributed by atoms with Crippen molar-refractivity contribution in [2.45, 2.75) is 0 Å². The minimum atomic E-state index is -0.573. The van der Waals surface area contributed by atoms with E-state index in [1.54, 1.807) is 36.4 Å². The highest BCUT2D eigenvalue weighted by molar-refractivity contribution is 14.1. The molecule has 0 amide bonds. The van der Waals surface area contributed by atoms with Gasteiger partial charge in [-0.25, -0.2) is 9.18 Å². The lowest BCUT2D eigenvalue weighted by molar-refractivity contribution is 0.0602. The first-order chi connectivity index (χ1) is 12.5. The molecule has 3 aromatic rings. The summed E-state index contributed by atoms with van der Waals surface area (Å²) in [5.74, 6) is -1.01. The number of pyridine rings is 1. The summed E-state index contributed by atoms with van der Waals surface area (Å²) in [5, 5.41) is 3.40. The molecular weight excluding hydrogens is 470 g/mol. The first-order valence-corrected chi connectivity index (χ1v) is 9.00. The smallest absolute Gasteiger partial charge is 0.340 e. The van der Waals surface area contributed by atoms with Gasteiger partial charge in [0.15, 0.2) is 0 Å². The van der Waals surface area contributed by atoms with Crippen LogP contribution < -0.4 is 5.32 Å². The summed E-state index contributed by atoms with van der Waals surface area (Å²) in [6.45, 7) is 0. The molecule has 1 heterocycles. The quantitative estimate of drug-likeness (QED) is 0.384. The number of ether oxygens (including phenoxy) is 1. The van der Waals surface area contributed by atoms with E-state index in [2.05, 4.69) is 10.3 Å². The van der Waals surface area contributed by atoms with Crippen molar-refractivity contribution in [1.29, 1.82) is 0 Å². The van der Waals surface area contributed by atoms with Gasteiger partial charge in [-0.15, -0.1) is 0 Å². The average molecular weight is 483 g/mol. The van der Waals surface area contributed by atoms with Crippen LogP contribution in [0.2, 0.25) is 5.02 Å². The Hall–Kier alpha value is -2.19. The van der Waals surface area contributed by atoms with Crippen molar-refractivity contribution < 1.29 is 13.9 Å². The fourth-order valence-electron chi connectivity index (χ4n) is 2.50. The molecule has 0 fully saturated rings. The third kappa shape index (κ3) is 3.81. The van der Waals surface area contributed by atoms with E-state index in [-0.39, 0.29) is 11.3 Å². The standard InChI is InChI=1S/C19H13ClFIN2O2/c1-26-19(25)18-13(12-4-2-3-5-14(12)20)9-23-10-17(18)24-16-7-6-11(22)8-15(16)21/h2-10,24H,1H3. The molecular formula is C19H13ClFIN2O2. The Balaban J connectivity index is 2.15. The van der Waals surface area contributed by atoms with Crippen molar-refractivity contribution in [3.05, 3.63) is 74.8 Å². The zero-order chi connectivity index (χ0) is 18.7. The molecule has 0 saturated heterocycles. The fourth-order valence-corrected chi connectivity index (χ4v) is 3.19. The van der Waals surface area contributed by atoms with Gasteiger partial charge in [0.25, 0.3) is 0 Å². The Bertz CT molecular complexity index is 982. The van der Waals surface area contributed by atoms with E-state index in [0.29, 0.717) is 21.8 Å². The third-order valence-corrected chi connectivity index (χ3v) is 4.70. The van der Waals surface area contributed by atoms with E-state index in [4.69, 9.17) is 16.3 Å². The van der Waals surface area contributed by atoms with Crippen LogP contribution in [0.3, 0.4) is 0 Å². The van der Waals surface area contributed by atoms with E-state index in [1.165, 1.54) is 25.6 Å². The largest absolute Gasteiger partial charge is 0.465 e. The molecule has 1 aromatic heterocycles. The summed E-state index contributed by atoms with van der Waals surface area (Å²) in [5.41, 5.74) is 1.92. The van der Waals surface area contributed by atoms with E-state index in [9.17, 15) is 9.18 Å². The molecule has 0 aliphatic carbocycles. The van der Waals surface area contributed by atoms with Crippen LogP contribution in [0.15, 0.2) is 54.9 Å². The Kier molecular flexibility index (Phi) is 5.73. The molecule has 7 heteroatoms. The second kappa shape index (κ2) is 8.01. The molecule has 0 aliphatic heterocycles. The molecule has 1 N–H and O–H groups in total. The lowest BCUT2D eigenvalue weighted by Crippen LogP contribution is -2.09. The second-order valence-electron chi connectivity index (χ2n) is 5.33. The van der Waals surface area contributed by atoms with Crippen molar-refractivity contribution >= 4 is 51.5 Å². The Labute approximate surface area is 168 Å². The first kappa shape index (κ1) is 18.6. The number of nitrogens with zero attached hydrogens (tertiary/aromatic N) is 1. The molecule has 4 nitrogen and oxygen atoms in total. The van der Waals surface area contributed by atoms with Gasteiger partial charge in [0.2, 0.25) is 0 Å². The lowest BCUT2D eigenvalue weighted by atomic mass is 10.0. The summed E-state index contributed by atoms with van der Waals surface area (Å²) < 4.78 is 19.9. The molecule has 0 saturated carbocycles. The average Bonchev–Trinajstić information content (AvgIpc) is 2.63. The maximum Gasteiger partial charge on any atom is 0.340 e. The van der Waals surface area contributed by atoms with Crippen LogP contribution in [0.25, 0.3) is 11.1 Å². The van der Waals surface area contributed by atoms with E-state index in [0.717, 1.165) is 3.57 Å². The number of rotatable bonds is 4. The lowest BCUT2D eigenvalue weighted by Gasteiger charge is -2.15. The van der Waals surface area contributed by atoms with Crippen LogP contribution in [0.1, 0.15) is 10.4 Å². The number of carbonyl (C=O) groups excluding carboxylic acids is 1. The van der Waals surface area contributed by atoms with Crippen molar-refractivity contribution in [2.24, 2.45) is 0 Å². The van der Waals surface area contributed by atoms with Gasteiger partial charge in [-0.1, -0.05) is 29.8 Å². The number of aromatic nitrogens is 1. The Morgan fingerprint density at radius 1 is 1.15 bits per heavy atom. The van der Waals surface area contributed by atoms with Crippen LogP contribution in [0.5, 0.6) is 0 Å². The number of methoxy groups -OCH3 is 1. The third-order valence-electron chi connectivity index (χ3n) is 3.70. The predicted octanol–water partition coefficient (Wildman–Crippen LogP) is 5.68. The van der Waals surface area contributed by atoms with Gasteiger partial charge in [-0.2, -0.15) is 0 Å². The summed E-state index contributed by atoms with van der Waals surface area (Å²) in [7, 11) is 1.29. The zero-order valence-corrected chi connectivity index (χ0v) is 16.5. The van der Waals surface area contributed by atoms with Crippen LogP contribution >= 0.6 is 34.2 Å². The highest BCUT2D eigenvalue weighted by Crippen LogP contribution is 2.35. The van der Waals surface area contributed by atoms with Gasteiger partial charge >= 0.3 is 5.97 Å². The molecule has 3 rings (SSSR count). The number of nitrogens with one attached hydrogen (secondary N) is 1. The summed E-state index contributed by atoms with van der Waals surface area (Å²) in [4.78, 5) is 16.6. The SMILES string of the molecule is COC(=O)c1c(Nc2ccc(I)cc2F)cncc1-c1ccccc1Cl. The van der Waals surface area contributed by atoms with E-state index < -0.39 is 11.8 Å². The highest BCUT2D eigenvalue weighted by Gasteiger charge is 2.21. The van der Waals surface area contributed by atoms with E-state index in [1.807, 2.05) is 22.6 Å². The Morgan fingerprint density at radius 3 is 2.62 bits per heavy atom. The van der Waals surface area contributed by atoms with Crippen LogP contribution in [0.4, 0.5) is 15.8 Å². The van der Waals surface area contributed by atoms with Crippen molar-refractivity contribution in [3.63, 3.8) is 0 Å². The molecule has 26 heavy (non-hydrogen) atoms. The molecule has 0 unspecified atom stereocenters. The summed E-state index contributed by atoms with van der Waals surface area (Å²) in [6, 6.07) is 11.8. The Morgan fingerprint density at radius 2 is 1.92 bits per heavy atom. The number of benzene rings is 2. The molecule has 0 atom stereocenters. The summed E-state index contributed by atoms with van der Waals surface area (Å²) >= 11 is 8.30. The van der Waals surface area contributed by atoms with Crippen molar-refractivity contribution in [2.75, 3.05) is 12.4 Å². The molecule has 2 aromatic carbocycles. The van der Waals surface area contributed by atoms with Gasteiger partial charge < -0.3 is 10.1 Å².